The van der Waals surface area contributed by atoms with Crippen LogP contribution in [0.15, 0.2) is 60.7 Å². The van der Waals surface area contributed by atoms with Crippen LogP contribution in [0.1, 0.15) is 19.3 Å². The first-order valence-electron chi connectivity index (χ1n) is 12.1. The first-order chi connectivity index (χ1) is 18.4. The van der Waals surface area contributed by atoms with Gasteiger partial charge in [0.25, 0.3) is 5.91 Å². The van der Waals surface area contributed by atoms with Gasteiger partial charge in [0.1, 0.15) is 23.0 Å². The predicted molar refractivity (Wildman–Crippen MR) is 147 cm³/mol. The molecule has 0 radical (unpaired) electrons. The molecule has 38 heavy (non-hydrogen) atoms. The van der Waals surface area contributed by atoms with Crippen LogP contribution < -0.4 is 29.2 Å². The number of benzene rings is 3. The van der Waals surface area contributed by atoms with Crippen molar-refractivity contribution in [2.45, 2.75) is 19.3 Å². The molecule has 1 aliphatic heterocycles. The van der Waals surface area contributed by atoms with Gasteiger partial charge >= 0.3 is 0 Å². The van der Waals surface area contributed by atoms with E-state index in [1.54, 1.807) is 48.4 Å². The lowest BCUT2D eigenvalue weighted by molar-refractivity contribution is -0.121. The van der Waals surface area contributed by atoms with Gasteiger partial charge in [-0.3, -0.25) is 9.59 Å². The van der Waals surface area contributed by atoms with E-state index in [0.717, 1.165) is 11.5 Å². The van der Waals surface area contributed by atoms with Crippen LogP contribution in [0.2, 0.25) is 10.0 Å². The number of nitrogens with zero attached hydrogens (tertiary/aromatic N) is 1. The molecule has 0 saturated carbocycles. The number of hydrogen-bond donors (Lipinski definition) is 1. The molecule has 1 aliphatic rings. The third-order valence-electron chi connectivity index (χ3n) is 5.74. The summed E-state index contributed by atoms with van der Waals surface area (Å²) < 4.78 is 22.1. The number of hydrogen-bond acceptors (Lipinski definition) is 6. The van der Waals surface area contributed by atoms with Gasteiger partial charge in [-0.05, 0) is 73.5 Å². The highest BCUT2D eigenvalue weighted by Crippen LogP contribution is 2.35. The zero-order valence-electron chi connectivity index (χ0n) is 20.9. The first kappa shape index (κ1) is 27.4. The van der Waals surface area contributed by atoms with Crippen molar-refractivity contribution in [3.8, 4) is 23.0 Å². The third-order valence-corrected chi connectivity index (χ3v) is 6.27. The van der Waals surface area contributed by atoms with Crippen molar-refractivity contribution >= 4 is 46.4 Å². The highest BCUT2D eigenvalue weighted by atomic mass is 35.5. The van der Waals surface area contributed by atoms with E-state index in [0.29, 0.717) is 65.5 Å². The summed E-state index contributed by atoms with van der Waals surface area (Å²) in [7, 11) is 1.61. The number of fused-ring (bicyclic) bond motifs is 1. The van der Waals surface area contributed by atoms with Crippen LogP contribution in [0, 0.1) is 0 Å². The average Bonchev–Trinajstić information content (AvgIpc) is 2.91. The molecule has 0 saturated heterocycles. The minimum Gasteiger partial charge on any atom is -0.497 e. The molecule has 2 amide bonds. The van der Waals surface area contributed by atoms with Gasteiger partial charge in [0, 0.05) is 23.7 Å². The van der Waals surface area contributed by atoms with Gasteiger partial charge in [-0.25, -0.2) is 0 Å². The second-order valence-electron chi connectivity index (χ2n) is 8.47. The van der Waals surface area contributed by atoms with E-state index in [2.05, 4.69) is 5.32 Å². The molecule has 0 aromatic heterocycles. The molecule has 200 valence electrons. The molecule has 8 nitrogen and oxygen atoms in total. The Bertz CT molecular complexity index is 1270. The zero-order valence-corrected chi connectivity index (χ0v) is 22.4. The van der Waals surface area contributed by atoms with Gasteiger partial charge in [-0.1, -0.05) is 23.2 Å². The van der Waals surface area contributed by atoms with E-state index < -0.39 is 0 Å². The Morgan fingerprint density at radius 1 is 0.974 bits per heavy atom. The predicted octanol–water partition coefficient (Wildman–Crippen LogP) is 5.99. The second kappa shape index (κ2) is 13.3. The molecule has 1 heterocycles. The number of anilines is 2. The lowest BCUT2D eigenvalue weighted by Crippen LogP contribution is -2.39. The molecule has 0 bridgehead atoms. The number of amides is 2. The largest absolute Gasteiger partial charge is 0.497 e. The minimum atomic E-state index is -0.168. The van der Waals surface area contributed by atoms with Gasteiger partial charge in [-0.2, -0.15) is 0 Å². The fourth-order valence-corrected chi connectivity index (χ4v) is 4.30. The Kier molecular flexibility index (Phi) is 9.56. The van der Waals surface area contributed by atoms with E-state index in [1.165, 1.54) is 0 Å². The Labute approximate surface area is 231 Å². The summed E-state index contributed by atoms with van der Waals surface area (Å²) in [5.41, 5.74) is 1.19. The molecule has 0 aliphatic carbocycles. The SMILES string of the molecule is COc1ccc(OCCCN2C(=O)COc3ccc(NC(=O)CCCOc4ccc(Cl)cc4Cl)cc32)cc1. The zero-order chi connectivity index (χ0) is 26.9. The van der Waals surface area contributed by atoms with Crippen molar-refractivity contribution in [1.82, 2.24) is 0 Å². The average molecular weight is 559 g/mol. The van der Waals surface area contributed by atoms with Crippen molar-refractivity contribution in [2.75, 3.05) is 43.7 Å². The number of nitrogens with one attached hydrogen (secondary N) is 1. The van der Waals surface area contributed by atoms with E-state index >= 15 is 0 Å². The molecular formula is C28H28Cl2N2O6. The van der Waals surface area contributed by atoms with Gasteiger partial charge in [0.05, 0.1) is 31.0 Å². The van der Waals surface area contributed by atoms with E-state index in [-0.39, 0.29) is 24.8 Å². The monoisotopic (exact) mass is 558 g/mol. The van der Waals surface area contributed by atoms with Crippen LogP contribution in [-0.4, -0.2) is 45.3 Å². The van der Waals surface area contributed by atoms with Crippen LogP contribution in [0.25, 0.3) is 0 Å². The van der Waals surface area contributed by atoms with E-state index in [1.807, 2.05) is 24.3 Å². The fraction of sp³-hybridized carbons (Fsp3) is 0.286. The second-order valence-corrected chi connectivity index (χ2v) is 9.31. The summed E-state index contributed by atoms with van der Waals surface area (Å²) in [5, 5.41) is 3.82. The maximum absolute atomic E-state index is 12.6. The van der Waals surface area contributed by atoms with E-state index in [9.17, 15) is 9.59 Å². The van der Waals surface area contributed by atoms with Crippen molar-refractivity contribution < 1.29 is 28.5 Å². The van der Waals surface area contributed by atoms with Crippen molar-refractivity contribution in [3.05, 3.63) is 70.7 Å². The van der Waals surface area contributed by atoms with Crippen LogP contribution in [0.5, 0.6) is 23.0 Å². The molecule has 3 aromatic rings. The first-order valence-corrected chi connectivity index (χ1v) is 12.9. The molecular weight excluding hydrogens is 531 g/mol. The molecule has 10 heteroatoms. The smallest absolute Gasteiger partial charge is 0.265 e. The van der Waals surface area contributed by atoms with Gasteiger partial charge in [0.2, 0.25) is 5.91 Å². The van der Waals surface area contributed by atoms with Crippen molar-refractivity contribution in [2.24, 2.45) is 0 Å². The lowest BCUT2D eigenvalue weighted by Gasteiger charge is -2.30. The molecule has 0 spiro atoms. The summed E-state index contributed by atoms with van der Waals surface area (Å²) in [4.78, 5) is 26.7. The minimum absolute atomic E-state index is 0.0321. The summed E-state index contributed by atoms with van der Waals surface area (Å²) in [6, 6.07) is 17.6. The van der Waals surface area contributed by atoms with Gasteiger partial charge < -0.3 is 29.2 Å². The molecule has 0 unspecified atom stereocenters. The number of carbonyl (C=O) groups excluding carboxylic acids is 2. The summed E-state index contributed by atoms with van der Waals surface area (Å²) in [5.74, 6) is 2.28. The number of carbonyl (C=O) groups is 2. The number of halogens is 2. The van der Waals surface area contributed by atoms with Crippen molar-refractivity contribution in [1.29, 1.82) is 0 Å². The summed E-state index contributed by atoms with van der Waals surface area (Å²) in [6.07, 6.45) is 1.37. The quantitative estimate of drug-likeness (QED) is 0.274. The summed E-state index contributed by atoms with van der Waals surface area (Å²) >= 11 is 12.0. The maximum Gasteiger partial charge on any atom is 0.265 e. The maximum atomic E-state index is 12.6. The molecule has 4 rings (SSSR count). The third kappa shape index (κ3) is 7.46. The number of methoxy groups -OCH3 is 1. The van der Waals surface area contributed by atoms with E-state index in [4.69, 9.17) is 42.1 Å². The highest BCUT2D eigenvalue weighted by Gasteiger charge is 2.25. The Balaban J connectivity index is 1.26. The number of ether oxygens (including phenoxy) is 4. The normalized spacial score (nSPS) is 12.4. The Hall–Kier alpha value is -3.62. The highest BCUT2D eigenvalue weighted by molar-refractivity contribution is 6.35. The van der Waals surface area contributed by atoms with Crippen LogP contribution >= 0.6 is 23.2 Å². The van der Waals surface area contributed by atoms with Crippen LogP contribution in [0.4, 0.5) is 11.4 Å². The Morgan fingerprint density at radius 3 is 2.50 bits per heavy atom. The standard InChI is InChI=1S/C28H28Cl2N2O6/c1-35-21-7-9-22(10-8-21)36-15-3-13-32-24-17-20(6-12-26(24)38-18-28(32)34)31-27(33)4-2-14-37-25-11-5-19(29)16-23(25)30/h5-12,16-17H,2-4,13-15,18H2,1H3,(H,31,33). The number of rotatable bonds is 12. The molecule has 0 atom stereocenters. The lowest BCUT2D eigenvalue weighted by atomic mass is 10.2. The van der Waals surface area contributed by atoms with Crippen molar-refractivity contribution in [3.63, 3.8) is 0 Å². The molecule has 0 fully saturated rings. The van der Waals surface area contributed by atoms with Gasteiger partial charge in [0.15, 0.2) is 6.61 Å². The summed E-state index contributed by atoms with van der Waals surface area (Å²) in [6.45, 7) is 1.18. The Morgan fingerprint density at radius 2 is 1.74 bits per heavy atom. The van der Waals surface area contributed by atoms with Crippen LogP contribution in [-0.2, 0) is 9.59 Å². The fourth-order valence-electron chi connectivity index (χ4n) is 3.84. The van der Waals surface area contributed by atoms with Gasteiger partial charge in [-0.15, -0.1) is 0 Å². The van der Waals surface area contributed by atoms with Crippen LogP contribution in [0.3, 0.4) is 0 Å². The molecule has 3 aromatic carbocycles. The molecule has 1 N–H and O–H groups in total. The topological polar surface area (TPSA) is 86.3 Å².